The number of hydrogen-bond acceptors (Lipinski definition) is 4. The largest absolute Gasteiger partial charge is 0.354 e. The predicted molar refractivity (Wildman–Crippen MR) is 171 cm³/mol. The van der Waals surface area contributed by atoms with E-state index in [2.05, 4.69) is 5.32 Å². The van der Waals surface area contributed by atoms with E-state index in [-0.39, 0.29) is 23.8 Å². The number of sulfonamides is 1. The van der Waals surface area contributed by atoms with Crippen LogP contribution >= 0.6 is 11.6 Å². The Kier molecular flexibility index (Phi) is 11.0. The molecular weight excluding hydrogens is 582 g/mol. The monoisotopic (exact) mass is 617 g/mol. The minimum atomic E-state index is -4.13. The molecule has 0 saturated carbocycles. The van der Waals surface area contributed by atoms with Crippen LogP contribution in [-0.2, 0) is 32.6 Å². The number of nitrogens with zero attached hydrogens (tertiary/aromatic N) is 2. The van der Waals surface area contributed by atoms with E-state index in [0.29, 0.717) is 17.3 Å². The Bertz CT molecular complexity index is 1600. The average Bonchev–Trinajstić information content (AvgIpc) is 3.02. The number of amides is 2. The van der Waals surface area contributed by atoms with E-state index in [9.17, 15) is 18.0 Å². The molecule has 1 N–H and O–H groups in total. The van der Waals surface area contributed by atoms with Crippen molar-refractivity contribution in [2.45, 2.75) is 44.2 Å². The smallest absolute Gasteiger partial charge is 0.264 e. The highest BCUT2D eigenvalue weighted by atomic mass is 35.5. The maximum Gasteiger partial charge on any atom is 0.264 e. The number of rotatable bonds is 13. The van der Waals surface area contributed by atoms with E-state index in [1.807, 2.05) is 44.2 Å². The molecule has 0 radical (unpaired) electrons. The van der Waals surface area contributed by atoms with Crippen molar-refractivity contribution in [2.75, 3.05) is 17.4 Å². The first-order chi connectivity index (χ1) is 20.7. The number of carbonyl (C=O) groups is 2. The number of halogens is 1. The molecule has 4 rings (SSSR count). The van der Waals surface area contributed by atoms with Gasteiger partial charge in [-0.25, -0.2) is 8.42 Å². The number of aryl methyl sites for hydroxylation is 1. The second kappa shape index (κ2) is 14.8. The van der Waals surface area contributed by atoms with Gasteiger partial charge in [0.2, 0.25) is 11.8 Å². The van der Waals surface area contributed by atoms with Gasteiger partial charge in [-0.1, -0.05) is 96.9 Å². The molecule has 0 unspecified atom stereocenters. The van der Waals surface area contributed by atoms with Gasteiger partial charge in [0.25, 0.3) is 10.0 Å². The van der Waals surface area contributed by atoms with Crippen molar-refractivity contribution in [3.05, 3.63) is 131 Å². The van der Waals surface area contributed by atoms with Gasteiger partial charge in [0, 0.05) is 24.5 Å². The molecule has 43 heavy (non-hydrogen) atoms. The van der Waals surface area contributed by atoms with Crippen molar-refractivity contribution in [3.63, 3.8) is 0 Å². The van der Waals surface area contributed by atoms with Gasteiger partial charge < -0.3 is 10.2 Å². The lowest BCUT2D eigenvalue weighted by Crippen LogP contribution is -2.53. The Morgan fingerprint density at radius 2 is 1.42 bits per heavy atom. The predicted octanol–water partition coefficient (Wildman–Crippen LogP) is 6.01. The molecule has 0 heterocycles. The molecule has 0 bridgehead atoms. The van der Waals surface area contributed by atoms with Crippen LogP contribution in [0, 0.1) is 6.92 Å². The Labute approximate surface area is 259 Å². The summed E-state index contributed by atoms with van der Waals surface area (Å²) in [4.78, 5) is 29.5. The highest BCUT2D eigenvalue weighted by molar-refractivity contribution is 7.92. The van der Waals surface area contributed by atoms with Gasteiger partial charge in [-0.2, -0.15) is 0 Å². The number of para-hydroxylation sites is 1. The summed E-state index contributed by atoms with van der Waals surface area (Å²) in [5, 5.41) is 3.49. The van der Waals surface area contributed by atoms with Crippen LogP contribution in [0.3, 0.4) is 0 Å². The quantitative estimate of drug-likeness (QED) is 0.199. The van der Waals surface area contributed by atoms with Crippen molar-refractivity contribution in [3.8, 4) is 0 Å². The molecule has 7 nitrogen and oxygen atoms in total. The van der Waals surface area contributed by atoms with Gasteiger partial charge in [0.05, 0.1) is 10.6 Å². The highest BCUT2D eigenvalue weighted by Gasteiger charge is 2.34. The van der Waals surface area contributed by atoms with Gasteiger partial charge in [-0.05, 0) is 60.9 Å². The second-order valence-corrected chi connectivity index (χ2v) is 12.6. The standard InChI is InChI=1S/C34H36ClN3O4S/c1-3-22-36-34(40)32(23-27-10-6-4-7-11-27)37(24-28-16-18-29(35)19-17-28)33(39)25-38(30-12-8-5-9-13-30)43(41,42)31-20-14-26(2)15-21-31/h4-21,32H,3,22-25H2,1-2H3,(H,36,40)/t32-/m1/s1. The van der Waals surface area contributed by atoms with E-state index in [0.717, 1.165) is 27.4 Å². The Hall–Kier alpha value is -4.14. The summed E-state index contributed by atoms with van der Waals surface area (Å²) < 4.78 is 29.1. The van der Waals surface area contributed by atoms with Crippen molar-refractivity contribution >= 4 is 39.1 Å². The van der Waals surface area contributed by atoms with Crippen LogP contribution in [0.5, 0.6) is 0 Å². The molecule has 0 aromatic heterocycles. The fourth-order valence-electron chi connectivity index (χ4n) is 4.67. The molecular formula is C34H36ClN3O4S. The number of benzene rings is 4. The summed E-state index contributed by atoms with van der Waals surface area (Å²) >= 11 is 6.13. The zero-order chi connectivity index (χ0) is 30.8. The lowest BCUT2D eigenvalue weighted by molar-refractivity contribution is -0.140. The van der Waals surface area contributed by atoms with E-state index in [1.54, 1.807) is 66.7 Å². The number of nitrogens with one attached hydrogen (secondary N) is 1. The molecule has 0 spiro atoms. The molecule has 0 aliphatic carbocycles. The van der Waals surface area contributed by atoms with Crippen molar-refractivity contribution in [2.24, 2.45) is 0 Å². The first-order valence-electron chi connectivity index (χ1n) is 14.2. The summed E-state index contributed by atoms with van der Waals surface area (Å²) in [5.74, 6) is -0.817. The highest BCUT2D eigenvalue weighted by Crippen LogP contribution is 2.25. The minimum absolute atomic E-state index is 0.0699. The summed E-state index contributed by atoms with van der Waals surface area (Å²) in [6.07, 6.45) is 0.983. The third kappa shape index (κ3) is 8.46. The van der Waals surface area contributed by atoms with E-state index in [1.165, 1.54) is 17.0 Å². The second-order valence-electron chi connectivity index (χ2n) is 10.3. The summed E-state index contributed by atoms with van der Waals surface area (Å²) in [6.45, 7) is 3.86. The lowest BCUT2D eigenvalue weighted by atomic mass is 10.0. The maximum absolute atomic E-state index is 14.4. The fraction of sp³-hybridized carbons (Fsp3) is 0.235. The van der Waals surface area contributed by atoms with Gasteiger partial charge in [0.15, 0.2) is 0 Å². The first-order valence-corrected chi connectivity index (χ1v) is 16.0. The molecule has 0 aliphatic heterocycles. The first kappa shape index (κ1) is 31.8. The molecule has 4 aromatic carbocycles. The summed E-state index contributed by atoms with van der Waals surface area (Å²) in [6, 6.07) is 30.6. The minimum Gasteiger partial charge on any atom is -0.354 e. The van der Waals surface area contributed by atoms with Crippen molar-refractivity contribution < 1.29 is 18.0 Å². The van der Waals surface area contributed by atoms with Crippen LogP contribution in [-0.4, -0.2) is 44.3 Å². The number of hydrogen-bond donors (Lipinski definition) is 1. The Morgan fingerprint density at radius 1 is 0.814 bits per heavy atom. The van der Waals surface area contributed by atoms with Crippen LogP contribution in [0.1, 0.15) is 30.0 Å². The average molecular weight is 618 g/mol. The molecule has 2 amide bonds. The normalized spacial score (nSPS) is 11.9. The van der Waals surface area contributed by atoms with Crippen LogP contribution in [0.4, 0.5) is 5.69 Å². The zero-order valence-electron chi connectivity index (χ0n) is 24.3. The molecule has 224 valence electrons. The summed E-state index contributed by atoms with van der Waals surface area (Å²) in [5.41, 5.74) is 2.89. The maximum atomic E-state index is 14.4. The Balaban J connectivity index is 1.77. The Morgan fingerprint density at radius 3 is 2.02 bits per heavy atom. The summed E-state index contributed by atoms with van der Waals surface area (Å²) in [7, 11) is -4.13. The molecule has 0 saturated heterocycles. The SMILES string of the molecule is CCCNC(=O)[C@@H](Cc1ccccc1)N(Cc1ccc(Cl)cc1)C(=O)CN(c1ccccc1)S(=O)(=O)c1ccc(C)cc1. The molecule has 1 atom stereocenters. The van der Waals surface area contributed by atoms with E-state index < -0.39 is 28.5 Å². The lowest BCUT2D eigenvalue weighted by Gasteiger charge is -2.34. The molecule has 4 aromatic rings. The molecule has 9 heteroatoms. The van der Waals surface area contributed by atoms with Crippen molar-refractivity contribution in [1.29, 1.82) is 0 Å². The van der Waals surface area contributed by atoms with Crippen molar-refractivity contribution in [1.82, 2.24) is 10.2 Å². The number of anilines is 1. The number of carbonyl (C=O) groups excluding carboxylic acids is 2. The van der Waals surface area contributed by atoms with Gasteiger partial charge in [0.1, 0.15) is 12.6 Å². The fourth-order valence-corrected chi connectivity index (χ4v) is 6.21. The van der Waals surface area contributed by atoms with Crippen LogP contribution in [0.25, 0.3) is 0 Å². The van der Waals surface area contributed by atoms with E-state index in [4.69, 9.17) is 11.6 Å². The third-order valence-corrected chi connectivity index (χ3v) is 9.06. The van der Waals surface area contributed by atoms with E-state index >= 15 is 0 Å². The van der Waals surface area contributed by atoms with Crippen LogP contribution in [0.15, 0.2) is 114 Å². The van der Waals surface area contributed by atoms with Gasteiger partial charge in [-0.15, -0.1) is 0 Å². The third-order valence-electron chi connectivity index (χ3n) is 7.02. The van der Waals surface area contributed by atoms with Gasteiger partial charge >= 0.3 is 0 Å². The van der Waals surface area contributed by atoms with Gasteiger partial charge in [-0.3, -0.25) is 13.9 Å². The molecule has 0 fully saturated rings. The zero-order valence-corrected chi connectivity index (χ0v) is 25.9. The topological polar surface area (TPSA) is 86.8 Å². The molecule has 0 aliphatic rings. The van der Waals surface area contributed by atoms with Crippen LogP contribution in [0.2, 0.25) is 5.02 Å². The van der Waals surface area contributed by atoms with Crippen LogP contribution < -0.4 is 9.62 Å².